The first-order valence-corrected chi connectivity index (χ1v) is 8.30. The standard InChI is InChI=1S/C18H20N6O2/c1-5-14-12(4)20-18(22-17(14)26)24-15(10(2)11(3)23-24)21-16(25)13-6-8-19-9-7-13/h6-9H,5H2,1-4H3,(H,21,25)(H,20,22,26). The SMILES string of the molecule is CCc1c(C)nc(-n2nc(C)c(C)c2NC(=O)c2ccncc2)[nH]c1=O. The minimum Gasteiger partial charge on any atom is -0.306 e. The van der Waals surface area contributed by atoms with Crippen molar-refractivity contribution in [2.75, 3.05) is 5.32 Å². The van der Waals surface area contributed by atoms with Gasteiger partial charge in [0.1, 0.15) is 5.82 Å². The van der Waals surface area contributed by atoms with E-state index in [1.165, 1.54) is 4.68 Å². The summed E-state index contributed by atoms with van der Waals surface area (Å²) >= 11 is 0. The van der Waals surface area contributed by atoms with E-state index >= 15 is 0 Å². The first-order chi connectivity index (χ1) is 12.4. The Kier molecular flexibility index (Phi) is 4.66. The molecule has 8 nitrogen and oxygen atoms in total. The minimum absolute atomic E-state index is 0.202. The van der Waals surface area contributed by atoms with E-state index in [9.17, 15) is 9.59 Å². The van der Waals surface area contributed by atoms with Crippen LogP contribution in [0.3, 0.4) is 0 Å². The fourth-order valence-corrected chi connectivity index (χ4v) is 2.70. The second kappa shape index (κ2) is 6.91. The molecule has 0 aromatic carbocycles. The molecule has 2 N–H and O–H groups in total. The number of anilines is 1. The smallest absolute Gasteiger partial charge is 0.256 e. The highest BCUT2D eigenvalue weighted by molar-refractivity contribution is 6.04. The van der Waals surface area contributed by atoms with Crippen LogP contribution in [-0.4, -0.2) is 30.6 Å². The van der Waals surface area contributed by atoms with E-state index in [0.717, 1.165) is 11.3 Å². The monoisotopic (exact) mass is 352 g/mol. The van der Waals surface area contributed by atoms with Crippen LogP contribution < -0.4 is 10.9 Å². The highest BCUT2D eigenvalue weighted by Gasteiger charge is 2.19. The second-order valence-electron chi connectivity index (χ2n) is 5.97. The molecular weight excluding hydrogens is 332 g/mol. The minimum atomic E-state index is -0.291. The molecule has 26 heavy (non-hydrogen) atoms. The first-order valence-electron chi connectivity index (χ1n) is 8.30. The third-order valence-electron chi connectivity index (χ3n) is 4.30. The number of hydrogen-bond donors (Lipinski definition) is 2. The summed E-state index contributed by atoms with van der Waals surface area (Å²) in [7, 11) is 0. The highest BCUT2D eigenvalue weighted by atomic mass is 16.2. The number of H-pyrrole nitrogens is 1. The van der Waals surface area contributed by atoms with E-state index in [0.29, 0.717) is 29.1 Å². The van der Waals surface area contributed by atoms with Crippen LogP contribution in [0.4, 0.5) is 5.82 Å². The van der Waals surface area contributed by atoms with Crippen molar-refractivity contribution in [2.45, 2.75) is 34.1 Å². The fourth-order valence-electron chi connectivity index (χ4n) is 2.70. The number of aromatic nitrogens is 5. The maximum Gasteiger partial charge on any atom is 0.256 e. The van der Waals surface area contributed by atoms with Crippen molar-refractivity contribution in [3.63, 3.8) is 0 Å². The van der Waals surface area contributed by atoms with Crippen molar-refractivity contribution in [1.29, 1.82) is 0 Å². The zero-order valence-corrected chi connectivity index (χ0v) is 15.1. The van der Waals surface area contributed by atoms with Crippen LogP contribution in [-0.2, 0) is 6.42 Å². The predicted octanol–water partition coefficient (Wildman–Crippen LogP) is 2.09. The first kappa shape index (κ1) is 17.5. The van der Waals surface area contributed by atoms with Gasteiger partial charge in [-0.25, -0.2) is 4.98 Å². The number of rotatable bonds is 4. The fraction of sp³-hybridized carbons (Fsp3) is 0.278. The van der Waals surface area contributed by atoms with Gasteiger partial charge >= 0.3 is 0 Å². The second-order valence-corrected chi connectivity index (χ2v) is 5.97. The molecule has 134 valence electrons. The number of nitrogens with zero attached hydrogens (tertiary/aromatic N) is 4. The van der Waals surface area contributed by atoms with Gasteiger partial charge in [-0.1, -0.05) is 6.92 Å². The number of carbonyl (C=O) groups excluding carboxylic acids is 1. The maximum atomic E-state index is 12.5. The molecule has 0 bridgehead atoms. The molecule has 1 amide bonds. The average molecular weight is 352 g/mol. The van der Waals surface area contributed by atoms with Crippen LogP contribution in [0.2, 0.25) is 0 Å². The Labute approximate surface area is 150 Å². The molecular formula is C18H20N6O2. The zero-order chi connectivity index (χ0) is 18.8. The molecule has 0 radical (unpaired) electrons. The molecule has 8 heteroatoms. The van der Waals surface area contributed by atoms with Gasteiger partial charge in [0, 0.05) is 34.8 Å². The van der Waals surface area contributed by atoms with E-state index in [-0.39, 0.29) is 17.4 Å². The molecule has 3 aromatic heterocycles. The normalized spacial score (nSPS) is 10.8. The summed E-state index contributed by atoms with van der Waals surface area (Å²) < 4.78 is 1.46. The molecule has 0 saturated heterocycles. The summed E-state index contributed by atoms with van der Waals surface area (Å²) in [5, 5.41) is 7.28. The summed E-state index contributed by atoms with van der Waals surface area (Å²) in [6, 6.07) is 3.25. The average Bonchev–Trinajstić information content (AvgIpc) is 2.90. The van der Waals surface area contributed by atoms with Crippen LogP contribution in [0.5, 0.6) is 0 Å². The van der Waals surface area contributed by atoms with Crippen molar-refractivity contribution in [2.24, 2.45) is 0 Å². The van der Waals surface area contributed by atoms with Gasteiger partial charge in [0.25, 0.3) is 11.5 Å². The molecule has 0 unspecified atom stereocenters. The van der Waals surface area contributed by atoms with Gasteiger partial charge in [0.2, 0.25) is 5.95 Å². The van der Waals surface area contributed by atoms with E-state index in [1.807, 2.05) is 20.8 Å². The summed E-state index contributed by atoms with van der Waals surface area (Å²) in [6.07, 6.45) is 3.70. The van der Waals surface area contributed by atoms with Crippen LogP contribution in [0.1, 0.15) is 39.8 Å². The molecule has 0 fully saturated rings. The van der Waals surface area contributed by atoms with E-state index in [2.05, 4.69) is 25.4 Å². The molecule has 0 aliphatic carbocycles. The lowest BCUT2D eigenvalue weighted by atomic mass is 10.2. The molecule has 0 aliphatic rings. The Morgan fingerprint density at radius 3 is 2.50 bits per heavy atom. The third-order valence-corrected chi connectivity index (χ3v) is 4.30. The lowest BCUT2D eigenvalue weighted by molar-refractivity contribution is 0.102. The van der Waals surface area contributed by atoms with Gasteiger partial charge in [-0.3, -0.25) is 19.6 Å². The number of pyridine rings is 1. The van der Waals surface area contributed by atoms with Crippen LogP contribution >= 0.6 is 0 Å². The van der Waals surface area contributed by atoms with Gasteiger partial charge < -0.3 is 5.32 Å². The van der Waals surface area contributed by atoms with Gasteiger partial charge in [-0.05, 0) is 39.3 Å². The topological polar surface area (TPSA) is 106 Å². The molecule has 3 heterocycles. The van der Waals surface area contributed by atoms with Crippen LogP contribution in [0.25, 0.3) is 5.95 Å². The van der Waals surface area contributed by atoms with E-state index < -0.39 is 0 Å². The van der Waals surface area contributed by atoms with Crippen molar-refractivity contribution in [3.8, 4) is 5.95 Å². The Balaban J connectivity index is 2.06. The van der Waals surface area contributed by atoms with Gasteiger partial charge in [0.15, 0.2) is 0 Å². The van der Waals surface area contributed by atoms with Crippen LogP contribution in [0, 0.1) is 20.8 Å². The Morgan fingerprint density at radius 1 is 1.19 bits per heavy atom. The molecule has 0 saturated carbocycles. The molecule has 0 spiro atoms. The zero-order valence-electron chi connectivity index (χ0n) is 15.1. The van der Waals surface area contributed by atoms with Crippen molar-refractivity contribution >= 4 is 11.7 Å². The lowest BCUT2D eigenvalue weighted by Crippen LogP contribution is -2.22. The maximum absolute atomic E-state index is 12.5. The molecule has 0 aliphatic heterocycles. The van der Waals surface area contributed by atoms with Crippen molar-refractivity contribution in [3.05, 3.63) is 63.0 Å². The quantitative estimate of drug-likeness (QED) is 0.748. The number of carbonyl (C=O) groups is 1. The molecule has 0 atom stereocenters. The lowest BCUT2D eigenvalue weighted by Gasteiger charge is -2.11. The Hall–Kier alpha value is -3.29. The van der Waals surface area contributed by atoms with E-state index in [1.54, 1.807) is 31.5 Å². The highest BCUT2D eigenvalue weighted by Crippen LogP contribution is 2.21. The molecule has 3 rings (SSSR count). The largest absolute Gasteiger partial charge is 0.306 e. The summed E-state index contributed by atoms with van der Waals surface area (Å²) in [6.45, 7) is 7.38. The summed E-state index contributed by atoms with van der Waals surface area (Å²) in [5.74, 6) is 0.447. The summed E-state index contributed by atoms with van der Waals surface area (Å²) in [5.41, 5.74) is 3.08. The summed E-state index contributed by atoms with van der Waals surface area (Å²) in [4.78, 5) is 35.9. The van der Waals surface area contributed by atoms with Crippen molar-refractivity contribution in [1.82, 2.24) is 24.7 Å². The number of amides is 1. The number of aryl methyl sites for hydroxylation is 2. The number of aromatic amines is 1. The van der Waals surface area contributed by atoms with E-state index in [4.69, 9.17) is 0 Å². The molecule has 3 aromatic rings. The Morgan fingerprint density at radius 2 is 1.88 bits per heavy atom. The van der Waals surface area contributed by atoms with Crippen LogP contribution in [0.15, 0.2) is 29.3 Å². The number of hydrogen-bond acceptors (Lipinski definition) is 5. The van der Waals surface area contributed by atoms with Gasteiger partial charge in [-0.15, -0.1) is 0 Å². The van der Waals surface area contributed by atoms with Gasteiger partial charge in [0.05, 0.1) is 5.69 Å². The Bertz CT molecular complexity index is 1020. The predicted molar refractivity (Wildman–Crippen MR) is 97.8 cm³/mol. The third kappa shape index (κ3) is 3.13. The van der Waals surface area contributed by atoms with Crippen molar-refractivity contribution < 1.29 is 4.79 Å². The van der Waals surface area contributed by atoms with Gasteiger partial charge in [-0.2, -0.15) is 9.78 Å². The number of nitrogens with one attached hydrogen (secondary N) is 2.